The highest BCUT2D eigenvalue weighted by atomic mass is 35.5. The predicted molar refractivity (Wildman–Crippen MR) is 189 cm³/mol. The van der Waals surface area contributed by atoms with Crippen LogP contribution in [0, 0.1) is 0 Å². The molecule has 7 rings (SSSR count). The third kappa shape index (κ3) is 6.15. The third-order valence-electron chi connectivity index (χ3n) is 8.39. The fourth-order valence-electron chi connectivity index (χ4n) is 6.14. The highest BCUT2D eigenvalue weighted by Gasteiger charge is 2.35. The first kappa shape index (κ1) is 31.4. The van der Waals surface area contributed by atoms with Crippen molar-refractivity contribution in [1.29, 1.82) is 0 Å². The normalized spacial score (nSPS) is 13.3. The van der Waals surface area contributed by atoms with E-state index in [9.17, 15) is 9.59 Å². The maximum atomic E-state index is 13.3. The van der Waals surface area contributed by atoms with Crippen molar-refractivity contribution in [2.45, 2.75) is 19.6 Å². The number of aryl methyl sites for hydroxylation is 2. The largest absolute Gasteiger partial charge is 0.489 e. The minimum Gasteiger partial charge on any atom is -0.489 e. The topological polar surface area (TPSA) is 104 Å². The Morgan fingerprint density at radius 2 is 1.36 bits per heavy atom. The molecule has 47 heavy (non-hydrogen) atoms. The fourth-order valence-corrected chi connectivity index (χ4v) is 6.14. The number of aromatic nitrogens is 2. The molecule has 3 heterocycles. The molecule has 8 nitrogen and oxygen atoms in total. The molecule has 2 amide bonds. The Labute approximate surface area is 278 Å². The number of para-hydroxylation sites is 2. The van der Waals surface area contributed by atoms with E-state index in [-0.39, 0.29) is 24.2 Å². The van der Waals surface area contributed by atoms with E-state index < -0.39 is 0 Å². The van der Waals surface area contributed by atoms with Gasteiger partial charge < -0.3 is 19.6 Å². The van der Waals surface area contributed by atoms with Crippen LogP contribution in [0.1, 0.15) is 28.7 Å². The first-order valence-corrected chi connectivity index (χ1v) is 15.3. The van der Waals surface area contributed by atoms with Crippen molar-refractivity contribution in [3.8, 4) is 5.75 Å². The maximum Gasteiger partial charge on any atom is 0.259 e. The van der Waals surface area contributed by atoms with Crippen LogP contribution >= 0.6 is 12.4 Å². The summed E-state index contributed by atoms with van der Waals surface area (Å²) in [6, 6.07) is 33.5. The maximum absolute atomic E-state index is 13.3. The highest BCUT2D eigenvalue weighted by molar-refractivity contribution is 6.50. The number of hydrogen-bond donors (Lipinski definition) is 2. The van der Waals surface area contributed by atoms with Gasteiger partial charge in [0.1, 0.15) is 18.2 Å². The molecule has 0 atom stereocenters. The van der Waals surface area contributed by atoms with Crippen molar-refractivity contribution in [3.05, 3.63) is 138 Å². The number of imide groups is 1. The smallest absolute Gasteiger partial charge is 0.259 e. The minimum absolute atomic E-state index is 0. The Hall–Kier alpha value is -5.60. The summed E-state index contributed by atoms with van der Waals surface area (Å²) in [7, 11) is 1.94. The summed E-state index contributed by atoms with van der Waals surface area (Å²) < 4.78 is 9.99. The molecule has 0 radical (unpaired) electrons. The molecule has 6 aromatic rings. The van der Waals surface area contributed by atoms with Crippen LogP contribution in [-0.4, -0.2) is 33.3 Å². The van der Waals surface area contributed by atoms with Crippen molar-refractivity contribution < 1.29 is 14.3 Å². The standard InChI is InChI=1S/C38H33N5O3.ClH/c1-42-22-30(28-12-5-7-14-32(28)42)34-35(38(45)41-37(34)44)31-23-43(33-15-8-6-13-29(31)33)21-9-20-40-36(39)26-16-18-27(19-17-26)46-24-25-10-3-2-4-11-25;/h2-8,10-19,22-23H,9,20-21,24H2,1H3,(H2,39,40)(H,41,44,45);1H. The lowest BCUT2D eigenvalue weighted by atomic mass is 9.95. The van der Waals surface area contributed by atoms with Gasteiger partial charge in [-0.25, -0.2) is 0 Å². The van der Waals surface area contributed by atoms with Crippen LogP contribution in [-0.2, 0) is 29.8 Å². The van der Waals surface area contributed by atoms with Crippen molar-refractivity contribution in [2.24, 2.45) is 17.8 Å². The number of aliphatic imine (C=N–C) groups is 1. The number of hydrogen-bond acceptors (Lipinski definition) is 4. The first-order valence-electron chi connectivity index (χ1n) is 15.3. The number of halogens is 1. The molecular formula is C38H34ClN5O3. The van der Waals surface area contributed by atoms with Gasteiger partial charge in [0, 0.05) is 71.0 Å². The lowest BCUT2D eigenvalue weighted by Crippen LogP contribution is -2.22. The second-order valence-electron chi connectivity index (χ2n) is 11.4. The van der Waals surface area contributed by atoms with E-state index in [0.717, 1.165) is 56.2 Å². The molecule has 0 bridgehead atoms. The molecule has 1 aliphatic heterocycles. The fraction of sp³-hybridized carbons (Fsp3) is 0.132. The number of benzene rings is 4. The zero-order valence-electron chi connectivity index (χ0n) is 25.9. The third-order valence-corrected chi connectivity index (χ3v) is 8.39. The minimum atomic E-state index is -0.385. The number of carbonyl (C=O) groups excluding carboxylic acids is 2. The van der Waals surface area contributed by atoms with Gasteiger partial charge in [-0.2, -0.15) is 0 Å². The quantitative estimate of drug-likeness (QED) is 0.0770. The molecule has 236 valence electrons. The van der Waals surface area contributed by atoms with E-state index in [0.29, 0.717) is 36.7 Å². The van der Waals surface area contributed by atoms with Crippen LogP contribution in [0.25, 0.3) is 33.0 Å². The summed E-state index contributed by atoms with van der Waals surface area (Å²) in [5.41, 5.74) is 12.5. The Balaban J connectivity index is 0.00000386. The van der Waals surface area contributed by atoms with Crippen LogP contribution in [0.15, 0.2) is 121 Å². The Morgan fingerprint density at radius 1 is 0.766 bits per heavy atom. The number of amides is 2. The van der Waals surface area contributed by atoms with Crippen molar-refractivity contribution >= 4 is 63.0 Å². The van der Waals surface area contributed by atoms with Crippen LogP contribution in [0.3, 0.4) is 0 Å². The van der Waals surface area contributed by atoms with Crippen molar-refractivity contribution in [3.63, 3.8) is 0 Å². The molecule has 0 saturated heterocycles. The van der Waals surface area contributed by atoms with E-state index in [1.54, 1.807) is 0 Å². The molecule has 2 aromatic heterocycles. The molecule has 0 aliphatic carbocycles. The number of ether oxygens (including phenoxy) is 1. The van der Waals surface area contributed by atoms with Gasteiger partial charge >= 0.3 is 0 Å². The molecule has 4 aromatic carbocycles. The van der Waals surface area contributed by atoms with Crippen LogP contribution in [0.2, 0.25) is 0 Å². The SMILES string of the molecule is Cl.Cn1cc(C2=C(c3cn(CCCN=C(N)c4ccc(OCc5ccccc5)cc4)c4ccccc34)C(=O)NC2=O)c2ccccc21. The van der Waals surface area contributed by atoms with Gasteiger partial charge in [0.25, 0.3) is 11.8 Å². The molecular weight excluding hydrogens is 610 g/mol. The van der Waals surface area contributed by atoms with Gasteiger partial charge in [-0.05, 0) is 48.4 Å². The van der Waals surface area contributed by atoms with Gasteiger partial charge in [0.15, 0.2) is 0 Å². The number of nitrogens with one attached hydrogen (secondary N) is 1. The van der Waals surface area contributed by atoms with Crippen LogP contribution in [0.5, 0.6) is 5.75 Å². The zero-order chi connectivity index (χ0) is 31.6. The summed E-state index contributed by atoms with van der Waals surface area (Å²) in [4.78, 5) is 31.2. The molecule has 0 fully saturated rings. The average Bonchev–Trinajstić information content (AvgIpc) is 3.72. The summed E-state index contributed by atoms with van der Waals surface area (Å²) in [6.07, 6.45) is 4.63. The molecule has 9 heteroatoms. The lowest BCUT2D eigenvalue weighted by molar-refractivity contribution is -0.122. The summed E-state index contributed by atoms with van der Waals surface area (Å²) in [5.74, 6) is 0.476. The predicted octanol–water partition coefficient (Wildman–Crippen LogP) is 6.50. The summed E-state index contributed by atoms with van der Waals surface area (Å²) in [6.45, 7) is 1.70. The van der Waals surface area contributed by atoms with Gasteiger partial charge in [0.05, 0.1) is 11.1 Å². The lowest BCUT2D eigenvalue weighted by Gasteiger charge is -2.08. The second-order valence-corrected chi connectivity index (χ2v) is 11.4. The van der Waals surface area contributed by atoms with Gasteiger partial charge in [-0.3, -0.25) is 19.9 Å². The molecule has 1 aliphatic rings. The van der Waals surface area contributed by atoms with E-state index in [1.165, 1.54) is 0 Å². The van der Waals surface area contributed by atoms with Crippen LogP contribution in [0.4, 0.5) is 0 Å². The van der Waals surface area contributed by atoms with Crippen molar-refractivity contribution in [1.82, 2.24) is 14.5 Å². The monoisotopic (exact) mass is 643 g/mol. The zero-order valence-corrected chi connectivity index (χ0v) is 26.7. The number of carbonyl (C=O) groups is 2. The average molecular weight is 644 g/mol. The number of nitrogens with two attached hydrogens (primary N) is 1. The van der Waals surface area contributed by atoms with Gasteiger partial charge in [-0.1, -0.05) is 66.7 Å². The number of amidine groups is 1. The number of rotatable bonds is 10. The van der Waals surface area contributed by atoms with Gasteiger partial charge in [0.2, 0.25) is 0 Å². The molecule has 3 N–H and O–H groups in total. The summed E-state index contributed by atoms with van der Waals surface area (Å²) in [5, 5.41) is 4.39. The molecule has 0 spiro atoms. The van der Waals surface area contributed by atoms with E-state index in [4.69, 9.17) is 10.5 Å². The Kier molecular flexibility index (Phi) is 8.95. The van der Waals surface area contributed by atoms with E-state index in [2.05, 4.69) is 14.9 Å². The second kappa shape index (κ2) is 13.4. The Morgan fingerprint density at radius 3 is 2.06 bits per heavy atom. The van der Waals surface area contributed by atoms with Gasteiger partial charge in [-0.15, -0.1) is 12.4 Å². The number of fused-ring (bicyclic) bond motifs is 2. The van der Waals surface area contributed by atoms with Crippen LogP contribution < -0.4 is 15.8 Å². The molecule has 0 unspecified atom stereocenters. The summed E-state index contributed by atoms with van der Waals surface area (Å²) >= 11 is 0. The highest BCUT2D eigenvalue weighted by Crippen LogP contribution is 2.38. The Bertz CT molecular complexity index is 2160. The van der Waals surface area contributed by atoms with Crippen molar-refractivity contribution in [2.75, 3.05) is 6.54 Å². The number of nitrogens with zero attached hydrogens (tertiary/aromatic N) is 3. The first-order chi connectivity index (χ1) is 22.5. The molecule has 0 saturated carbocycles. The van der Waals surface area contributed by atoms with E-state index in [1.807, 2.05) is 127 Å². The van der Waals surface area contributed by atoms with E-state index >= 15 is 0 Å².